The van der Waals surface area contributed by atoms with Crippen LogP contribution in [0.2, 0.25) is 0 Å². The second-order valence-corrected chi connectivity index (χ2v) is 6.44. The van der Waals surface area contributed by atoms with Crippen molar-refractivity contribution in [3.05, 3.63) is 39.9 Å². The van der Waals surface area contributed by atoms with Gasteiger partial charge in [-0.05, 0) is 18.6 Å². The normalized spacial score (nSPS) is 11.0. The number of pyridine rings is 1. The van der Waals surface area contributed by atoms with E-state index in [0.29, 0.717) is 10.8 Å². The molecule has 0 saturated heterocycles. The summed E-state index contributed by atoms with van der Waals surface area (Å²) >= 11 is 1.36. The Balaban J connectivity index is 1.63. The standard InChI is InChI=1S/C15H18N6O2S/c1-2-3-4-8-13-17-18-14(24-13)16-12(22)10-21-15(23)20-9-6-5-7-11(20)19-21/h5-7,9H,2-4,8,10H2,1H3,(H,16,18,22). The second-order valence-electron chi connectivity index (χ2n) is 5.38. The van der Waals surface area contributed by atoms with Crippen LogP contribution in [0.5, 0.6) is 0 Å². The molecule has 0 radical (unpaired) electrons. The van der Waals surface area contributed by atoms with Crippen LogP contribution in [-0.2, 0) is 17.8 Å². The molecule has 0 aliphatic heterocycles. The average Bonchev–Trinajstić information content (AvgIpc) is 3.13. The number of amides is 1. The van der Waals surface area contributed by atoms with Crippen molar-refractivity contribution >= 4 is 28.0 Å². The van der Waals surface area contributed by atoms with E-state index in [1.807, 2.05) is 0 Å². The molecule has 0 aliphatic carbocycles. The molecule has 0 atom stereocenters. The Morgan fingerprint density at radius 3 is 2.96 bits per heavy atom. The number of anilines is 1. The van der Waals surface area contributed by atoms with E-state index in [2.05, 4.69) is 27.5 Å². The van der Waals surface area contributed by atoms with Crippen LogP contribution >= 0.6 is 11.3 Å². The monoisotopic (exact) mass is 346 g/mol. The van der Waals surface area contributed by atoms with Crippen molar-refractivity contribution in [3.8, 4) is 0 Å². The molecule has 3 aromatic rings. The number of unbranched alkanes of at least 4 members (excludes halogenated alkanes) is 2. The molecule has 0 aliphatic rings. The Morgan fingerprint density at radius 2 is 2.17 bits per heavy atom. The number of fused-ring (bicyclic) bond motifs is 1. The molecule has 8 nitrogen and oxygen atoms in total. The lowest BCUT2D eigenvalue weighted by atomic mass is 10.2. The SMILES string of the molecule is CCCCCc1nnc(NC(=O)Cn2nc3ccccn3c2=O)s1. The molecule has 0 unspecified atom stereocenters. The highest BCUT2D eigenvalue weighted by atomic mass is 32.1. The van der Waals surface area contributed by atoms with E-state index >= 15 is 0 Å². The molecule has 1 N–H and O–H groups in total. The van der Waals surface area contributed by atoms with Crippen molar-refractivity contribution in [3.63, 3.8) is 0 Å². The first kappa shape index (κ1) is 16.3. The zero-order valence-corrected chi connectivity index (χ0v) is 14.1. The summed E-state index contributed by atoms with van der Waals surface area (Å²) in [6, 6.07) is 5.23. The van der Waals surface area contributed by atoms with Crippen molar-refractivity contribution in [2.24, 2.45) is 0 Å². The maximum Gasteiger partial charge on any atom is 0.350 e. The van der Waals surface area contributed by atoms with Gasteiger partial charge in [-0.25, -0.2) is 9.48 Å². The van der Waals surface area contributed by atoms with Crippen LogP contribution in [0.25, 0.3) is 5.65 Å². The third kappa shape index (κ3) is 3.67. The van der Waals surface area contributed by atoms with Gasteiger partial charge in [0.1, 0.15) is 11.6 Å². The molecule has 1 amide bonds. The molecule has 0 fully saturated rings. The van der Waals surface area contributed by atoms with Gasteiger partial charge in [0.15, 0.2) is 5.65 Å². The lowest BCUT2D eigenvalue weighted by Gasteiger charge is -1.99. The van der Waals surface area contributed by atoms with Gasteiger partial charge in [-0.3, -0.25) is 14.5 Å². The molecule has 0 aromatic carbocycles. The fraction of sp³-hybridized carbons (Fsp3) is 0.400. The summed E-state index contributed by atoms with van der Waals surface area (Å²) in [7, 11) is 0. The molecule has 0 spiro atoms. The Hall–Kier alpha value is -2.55. The molecular weight excluding hydrogens is 328 g/mol. The minimum atomic E-state index is -0.350. The van der Waals surface area contributed by atoms with Gasteiger partial charge in [0.2, 0.25) is 11.0 Å². The van der Waals surface area contributed by atoms with Crippen LogP contribution in [0.4, 0.5) is 5.13 Å². The quantitative estimate of drug-likeness (QED) is 0.657. The van der Waals surface area contributed by atoms with Crippen molar-refractivity contribution in [1.82, 2.24) is 24.4 Å². The molecule has 0 bridgehead atoms. The number of carbonyl (C=O) groups is 1. The van der Waals surface area contributed by atoms with Crippen molar-refractivity contribution in [2.45, 2.75) is 39.2 Å². The molecule has 3 heterocycles. The minimum Gasteiger partial charge on any atom is -0.299 e. The van der Waals surface area contributed by atoms with Gasteiger partial charge < -0.3 is 0 Å². The van der Waals surface area contributed by atoms with E-state index in [-0.39, 0.29) is 18.1 Å². The van der Waals surface area contributed by atoms with Crippen LogP contribution in [0.15, 0.2) is 29.2 Å². The summed E-state index contributed by atoms with van der Waals surface area (Å²) in [5, 5.41) is 16.2. The van der Waals surface area contributed by atoms with Crippen LogP contribution in [0.1, 0.15) is 31.2 Å². The Kier molecular flexibility index (Phi) is 4.99. The summed E-state index contributed by atoms with van der Waals surface area (Å²) in [6.45, 7) is 1.98. The largest absolute Gasteiger partial charge is 0.350 e. The summed E-state index contributed by atoms with van der Waals surface area (Å²) in [4.78, 5) is 24.2. The first-order valence-corrected chi connectivity index (χ1v) is 8.65. The van der Waals surface area contributed by atoms with Gasteiger partial charge in [0.05, 0.1) is 0 Å². The molecule has 126 valence electrons. The molecule has 9 heteroatoms. The van der Waals surface area contributed by atoms with Gasteiger partial charge in [-0.1, -0.05) is 37.2 Å². The van der Waals surface area contributed by atoms with Crippen LogP contribution in [0.3, 0.4) is 0 Å². The lowest BCUT2D eigenvalue weighted by Crippen LogP contribution is -2.28. The van der Waals surface area contributed by atoms with Gasteiger partial charge >= 0.3 is 5.69 Å². The summed E-state index contributed by atoms with van der Waals surface area (Å²) in [5.74, 6) is -0.350. The van der Waals surface area contributed by atoms with E-state index in [1.54, 1.807) is 24.4 Å². The minimum absolute atomic E-state index is 0.161. The Bertz CT molecular complexity index is 897. The van der Waals surface area contributed by atoms with E-state index in [1.165, 1.54) is 15.7 Å². The predicted octanol–water partition coefficient (Wildman–Crippen LogP) is 1.72. The molecule has 0 saturated carbocycles. The highest BCUT2D eigenvalue weighted by Crippen LogP contribution is 2.17. The summed E-state index contributed by atoms with van der Waals surface area (Å²) in [6.07, 6.45) is 5.85. The van der Waals surface area contributed by atoms with Crippen molar-refractivity contribution < 1.29 is 4.79 Å². The summed E-state index contributed by atoms with van der Waals surface area (Å²) < 4.78 is 2.53. The van der Waals surface area contributed by atoms with Crippen LogP contribution in [-0.4, -0.2) is 30.3 Å². The number of hydrogen-bond donors (Lipinski definition) is 1. The Morgan fingerprint density at radius 1 is 1.29 bits per heavy atom. The molecule has 3 rings (SSSR count). The number of aryl methyl sites for hydroxylation is 1. The van der Waals surface area contributed by atoms with Gasteiger partial charge in [0, 0.05) is 12.6 Å². The second kappa shape index (κ2) is 7.35. The van der Waals surface area contributed by atoms with E-state index in [4.69, 9.17) is 0 Å². The fourth-order valence-corrected chi connectivity index (χ4v) is 3.10. The summed E-state index contributed by atoms with van der Waals surface area (Å²) in [5.41, 5.74) is 0.155. The number of rotatable bonds is 7. The van der Waals surface area contributed by atoms with Gasteiger partial charge in [-0.2, -0.15) is 0 Å². The number of carbonyl (C=O) groups excluding carboxylic acids is 1. The molecular formula is C15H18N6O2S. The smallest absolute Gasteiger partial charge is 0.299 e. The number of nitrogens with one attached hydrogen (secondary N) is 1. The topological polar surface area (TPSA) is 94.2 Å². The highest BCUT2D eigenvalue weighted by Gasteiger charge is 2.12. The Labute approximate surface area is 142 Å². The van der Waals surface area contributed by atoms with Gasteiger partial charge in [0.25, 0.3) is 0 Å². The maximum atomic E-state index is 12.1. The zero-order chi connectivity index (χ0) is 16.9. The lowest BCUT2D eigenvalue weighted by molar-refractivity contribution is -0.117. The van der Waals surface area contributed by atoms with E-state index in [0.717, 1.165) is 35.4 Å². The molecule has 24 heavy (non-hydrogen) atoms. The molecule has 3 aromatic heterocycles. The first-order valence-electron chi connectivity index (χ1n) is 7.84. The van der Waals surface area contributed by atoms with Crippen molar-refractivity contribution in [2.75, 3.05) is 5.32 Å². The number of nitrogens with zero attached hydrogens (tertiary/aromatic N) is 5. The van der Waals surface area contributed by atoms with Gasteiger partial charge in [-0.15, -0.1) is 15.3 Å². The van der Waals surface area contributed by atoms with Crippen molar-refractivity contribution in [1.29, 1.82) is 0 Å². The van der Waals surface area contributed by atoms with E-state index in [9.17, 15) is 9.59 Å². The number of hydrogen-bond acceptors (Lipinski definition) is 6. The zero-order valence-electron chi connectivity index (χ0n) is 13.3. The third-order valence-corrected chi connectivity index (χ3v) is 4.39. The average molecular weight is 346 g/mol. The van der Waals surface area contributed by atoms with Crippen LogP contribution in [0, 0.1) is 0 Å². The highest BCUT2D eigenvalue weighted by molar-refractivity contribution is 7.15. The fourth-order valence-electron chi connectivity index (χ4n) is 2.30. The van der Waals surface area contributed by atoms with E-state index < -0.39 is 0 Å². The van der Waals surface area contributed by atoms with Crippen LogP contribution < -0.4 is 11.0 Å². The number of aromatic nitrogens is 5. The first-order chi connectivity index (χ1) is 11.7. The predicted molar refractivity (Wildman–Crippen MR) is 91.2 cm³/mol. The third-order valence-electron chi connectivity index (χ3n) is 3.49. The maximum absolute atomic E-state index is 12.1.